The second kappa shape index (κ2) is 16.0. The Balaban J connectivity index is 0.900. The van der Waals surface area contributed by atoms with Gasteiger partial charge < -0.3 is 32.2 Å². The average Bonchev–Trinajstić information content (AvgIpc) is 3.39. The minimum Gasteiger partial charge on any atom is -0.397 e. The van der Waals surface area contributed by atoms with E-state index in [2.05, 4.69) is 31.2 Å². The van der Waals surface area contributed by atoms with E-state index in [1.54, 1.807) is 31.2 Å². The predicted molar refractivity (Wildman–Crippen MR) is 196 cm³/mol. The number of amides is 6. The highest BCUT2D eigenvalue weighted by molar-refractivity contribution is 6.25. The Morgan fingerprint density at radius 1 is 0.981 bits per heavy atom. The fourth-order valence-electron chi connectivity index (χ4n) is 6.36. The first kappa shape index (κ1) is 37.3. The van der Waals surface area contributed by atoms with Crippen LogP contribution in [-0.2, 0) is 23.9 Å². The van der Waals surface area contributed by atoms with Crippen LogP contribution in [0.15, 0.2) is 48.9 Å². The summed E-state index contributed by atoms with van der Waals surface area (Å²) >= 11 is 0. The minimum atomic E-state index is -1.06. The summed E-state index contributed by atoms with van der Waals surface area (Å²) in [6.07, 6.45) is 4.92. The molecule has 0 bridgehead atoms. The van der Waals surface area contributed by atoms with Crippen LogP contribution in [-0.4, -0.2) is 82.7 Å². The minimum absolute atomic E-state index is 0.0316. The summed E-state index contributed by atoms with van der Waals surface area (Å²) in [6.45, 7) is 2.71. The number of anilines is 4. The summed E-state index contributed by atoms with van der Waals surface area (Å²) in [5.41, 5.74) is 14.5. The van der Waals surface area contributed by atoms with Crippen molar-refractivity contribution >= 4 is 69.1 Å². The third kappa shape index (κ3) is 7.80. The van der Waals surface area contributed by atoms with E-state index in [4.69, 9.17) is 16.2 Å². The monoisotopic (exact) mass is 739 g/mol. The molecule has 1 atom stereocenters. The number of piperidine rings is 1. The van der Waals surface area contributed by atoms with Gasteiger partial charge in [0, 0.05) is 66.9 Å². The number of fused-ring (bicyclic) bond motifs is 2. The molecule has 2 aromatic carbocycles. The quantitative estimate of drug-likeness (QED) is 0.0622. The molecule has 8 N–H and O–H groups in total. The van der Waals surface area contributed by atoms with E-state index in [1.807, 2.05) is 0 Å². The van der Waals surface area contributed by atoms with Gasteiger partial charge in [0.25, 0.3) is 11.8 Å². The van der Waals surface area contributed by atoms with Gasteiger partial charge in [-0.15, -0.1) is 0 Å². The maximum Gasteiger partial charge on any atom is 0.264 e. The lowest BCUT2D eigenvalue weighted by Gasteiger charge is -2.27. The van der Waals surface area contributed by atoms with Crippen molar-refractivity contribution in [2.75, 3.05) is 48.4 Å². The lowest BCUT2D eigenvalue weighted by Crippen LogP contribution is -2.54. The Bertz CT molecular complexity index is 2190. The molecule has 4 aromatic rings. The zero-order valence-corrected chi connectivity index (χ0v) is 29.3. The molecule has 0 radical (unpaired) electrons. The van der Waals surface area contributed by atoms with E-state index in [1.165, 1.54) is 24.7 Å². The van der Waals surface area contributed by atoms with Crippen molar-refractivity contribution < 1.29 is 37.9 Å². The number of nitrogens with one attached hydrogen (secondary N) is 4. The molecule has 6 amide bonds. The lowest BCUT2D eigenvalue weighted by molar-refractivity contribution is -0.136. The van der Waals surface area contributed by atoms with Crippen molar-refractivity contribution in [3.8, 4) is 11.1 Å². The molecule has 54 heavy (non-hydrogen) atoms. The number of nitrogen functional groups attached to an aromatic ring is 2. The summed E-state index contributed by atoms with van der Waals surface area (Å²) in [4.78, 5) is 84.2. The van der Waals surface area contributed by atoms with Crippen LogP contribution in [0.25, 0.3) is 21.9 Å². The number of aromatic nitrogens is 2. The second-order valence-electron chi connectivity index (χ2n) is 12.8. The van der Waals surface area contributed by atoms with Crippen LogP contribution in [0.1, 0.15) is 58.4 Å². The smallest absolute Gasteiger partial charge is 0.264 e. The second-order valence-corrected chi connectivity index (χ2v) is 12.8. The third-order valence-corrected chi connectivity index (χ3v) is 9.22. The highest BCUT2D eigenvalue weighted by Gasteiger charge is 2.45. The van der Waals surface area contributed by atoms with Crippen LogP contribution in [0.5, 0.6) is 0 Å². The molecule has 0 spiro atoms. The SMILES string of the molecule is Cc1c(N)cncc1-c1cc2cc(NC(=O)CCCC(=O)NCCOCCNc3cccc4c3C(=O)N(C3CCC(=O)NC3=O)C4=O)ncc2c(N)c1F. The van der Waals surface area contributed by atoms with E-state index in [9.17, 15) is 28.8 Å². The number of pyridine rings is 2. The number of hydrogen-bond acceptors (Lipinski definition) is 12. The summed E-state index contributed by atoms with van der Waals surface area (Å²) in [5, 5.41) is 11.6. The number of benzene rings is 2. The molecule has 0 saturated carbocycles. The van der Waals surface area contributed by atoms with Gasteiger partial charge in [-0.05, 0) is 55.0 Å². The molecular formula is C37H38FN9O7. The molecule has 16 nitrogen and oxygen atoms in total. The number of rotatable bonds is 14. The molecule has 2 aliphatic heterocycles. The van der Waals surface area contributed by atoms with Gasteiger partial charge in [-0.1, -0.05) is 6.07 Å². The molecule has 6 rings (SSSR count). The Labute approximate surface area is 308 Å². The van der Waals surface area contributed by atoms with Crippen LogP contribution in [0.4, 0.5) is 27.3 Å². The standard InChI is InChI=1S/C37H38FN9O7/c1-19-23(16-41-18-25(19)39)22-14-20-15-28(44-17-24(20)34(40)33(22)38)45-30(49)7-3-6-29(48)43-11-13-54-12-10-42-26-5-2-4-21-32(26)37(53)47(36(21)52)27-8-9-31(50)46-35(27)51/h2,4-5,14-18,27,42H,3,6-13,39-40H2,1H3,(H,43,48)(H,44,45,49)(H,46,50,51). The van der Waals surface area contributed by atoms with Gasteiger partial charge in [-0.25, -0.2) is 9.37 Å². The van der Waals surface area contributed by atoms with E-state index in [0.717, 1.165) is 4.90 Å². The van der Waals surface area contributed by atoms with Gasteiger partial charge in [0.15, 0.2) is 5.82 Å². The van der Waals surface area contributed by atoms with Crippen LogP contribution in [0.3, 0.4) is 0 Å². The molecule has 1 unspecified atom stereocenters. The van der Waals surface area contributed by atoms with Crippen molar-refractivity contribution in [1.82, 2.24) is 25.5 Å². The number of halogens is 1. The van der Waals surface area contributed by atoms with Gasteiger partial charge in [-0.2, -0.15) is 0 Å². The molecular weight excluding hydrogens is 701 g/mol. The van der Waals surface area contributed by atoms with Crippen molar-refractivity contribution in [2.24, 2.45) is 0 Å². The third-order valence-electron chi connectivity index (χ3n) is 9.22. The van der Waals surface area contributed by atoms with Crippen LogP contribution in [0.2, 0.25) is 0 Å². The van der Waals surface area contributed by atoms with E-state index < -0.39 is 35.5 Å². The topological polar surface area (TPSA) is 241 Å². The van der Waals surface area contributed by atoms with Crippen LogP contribution >= 0.6 is 0 Å². The Morgan fingerprint density at radius 2 is 1.76 bits per heavy atom. The summed E-state index contributed by atoms with van der Waals surface area (Å²) < 4.78 is 20.8. The fourth-order valence-corrected chi connectivity index (χ4v) is 6.36. The normalized spacial score (nSPS) is 15.3. The molecule has 2 aliphatic rings. The lowest BCUT2D eigenvalue weighted by atomic mass is 9.97. The Kier molecular flexibility index (Phi) is 11.1. The van der Waals surface area contributed by atoms with Gasteiger partial charge in [-0.3, -0.25) is 44.0 Å². The maximum absolute atomic E-state index is 15.2. The maximum atomic E-state index is 15.2. The largest absolute Gasteiger partial charge is 0.397 e. The highest BCUT2D eigenvalue weighted by atomic mass is 19.1. The highest BCUT2D eigenvalue weighted by Crippen LogP contribution is 2.36. The molecule has 280 valence electrons. The Hall–Kier alpha value is -6.49. The van der Waals surface area contributed by atoms with E-state index in [0.29, 0.717) is 33.3 Å². The average molecular weight is 740 g/mol. The molecule has 2 aromatic heterocycles. The molecule has 4 heterocycles. The van der Waals surface area contributed by atoms with Gasteiger partial charge in [0.05, 0.1) is 41.9 Å². The number of carbonyl (C=O) groups excluding carboxylic acids is 6. The van der Waals surface area contributed by atoms with E-state index >= 15 is 4.39 Å². The van der Waals surface area contributed by atoms with E-state index in [-0.39, 0.29) is 98.4 Å². The first-order valence-electron chi connectivity index (χ1n) is 17.3. The molecule has 1 saturated heterocycles. The van der Waals surface area contributed by atoms with Crippen LogP contribution in [0, 0.1) is 12.7 Å². The van der Waals surface area contributed by atoms with Crippen molar-refractivity contribution in [3.05, 3.63) is 71.4 Å². The molecule has 0 aliphatic carbocycles. The van der Waals surface area contributed by atoms with Gasteiger partial charge in [0.2, 0.25) is 23.6 Å². The fraction of sp³-hybridized carbons (Fsp3) is 0.297. The Morgan fingerprint density at radius 3 is 2.56 bits per heavy atom. The summed E-state index contributed by atoms with van der Waals surface area (Å²) in [5.74, 6) is -3.31. The first-order valence-corrected chi connectivity index (χ1v) is 17.3. The molecule has 17 heteroatoms. The summed E-state index contributed by atoms with van der Waals surface area (Å²) in [7, 11) is 0. The zero-order chi connectivity index (χ0) is 38.5. The number of imide groups is 2. The number of hydrogen-bond donors (Lipinski definition) is 6. The predicted octanol–water partition coefficient (Wildman–Crippen LogP) is 2.66. The van der Waals surface area contributed by atoms with Crippen LogP contribution < -0.4 is 32.7 Å². The number of nitrogens with two attached hydrogens (primary N) is 2. The number of carbonyl (C=O) groups is 6. The van der Waals surface area contributed by atoms with Crippen molar-refractivity contribution in [3.63, 3.8) is 0 Å². The number of nitrogens with zero attached hydrogens (tertiary/aromatic N) is 3. The van der Waals surface area contributed by atoms with Crippen molar-refractivity contribution in [2.45, 2.75) is 45.1 Å². The van der Waals surface area contributed by atoms with Crippen molar-refractivity contribution in [1.29, 1.82) is 0 Å². The first-order chi connectivity index (χ1) is 25.9. The zero-order valence-electron chi connectivity index (χ0n) is 29.3. The van der Waals surface area contributed by atoms with Gasteiger partial charge in [0.1, 0.15) is 11.9 Å². The van der Waals surface area contributed by atoms with Gasteiger partial charge >= 0.3 is 0 Å². The number of ether oxygens (including phenoxy) is 1. The summed E-state index contributed by atoms with van der Waals surface area (Å²) in [6, 6.07) is 6.92. The molecule has 1 fully saturated rings.